The van der Waals surface area contributed by atoms with Crippen LogP contribution in [0.4, 0.5) is 0 Å². The van der Waals surface area contributed by atoms with Crippen molar-refractivity contribution in [1.82, 2.24) is 10.2 Å². The number of likely N-dealkylation sites (N-methyl/N-ethyl adjacent to an activating group) is 1. The van der Waals surface area contributed by atoms with Gasteiger partial charge in [-0.2, -0.15) is 0 Å². The second-order valence-corrected chi connectivity index (χ2v) is 5.15. The minimum absolute atomic E-state index is 0. The van der Waals surface area contributed by atoms with Gasteiger partial charge in [0.15, 0.2) is 0 Å². The summed E-state index contributed by atoms with van der Waals surface area (Å²) in [7, 11) is 2.15. The smallest absolute Gasteiger partial charge is 0.120 e. The topological polar surface area (TPSA) is 24.5 Å². The van der Waals surface area contributed by atoms with Crippen LogP contribution in [-0.2, 0) is 13.0 Å². The molecule has 1 N–H and O–H groups in total. The average Bonchev–Trinajstić information content (AvgIpc) is 2.75. The molecule has 0 saturated carbocycles. The van der Waals surface area contributed by atoms with E-state index in [1.807, 2.05) is 0 Å². The minimum atomic E-state index is 0. The van der Waals surface area contributed by atoms with Gasteiger partial charge in [-0.3, -0.25) is 0 Å². The van der Waals surface area contributed by atoms with Gasteiger partial charge in [0, 0.05) is 19.6 Å². The first kappa shape index (κ1) is 13.7. The van der Waals surface area contributed by atoms with Crippen LogP contribution in [0.2, 0.25) is 0 Å². The van der Waals surface area contributed by atoms with Crippen molar-refractivity contribution in [1.29, 1.82) is 0 Å². The Hall–Kier alpha value is -0.770. The van der Waals surface area contributed by atoms with Crippen LogP contribution in [0.25, 0.3) is 0 Å². The summed E-state index contributed by atoms with van der Waals surface area (Å²) in [5.74, 6) is 1.03. The predicted molar refractivity (Wildman–Crippen MR) is 75.6 cm³/mol. The monoisotopic (exact) mass is 268 g/mol. The Morgan fingerprint density at radius 1 is 1.33 bits per heavy atom. The second kappa shape index (κ2) is 5.91. The zero-order chi connectivity index (χ0) is 11.7. The molecule has 1 atom stereocenters. The van der Waals surface area contributed by atoms with Crippen LogP contribution in [-0.4, -0.2) is 37.7 Å². The van der Waals surface area contributed by atoms with Crippen LogP contribution in [0.5, 0.6) is 5.75 Å². The number of ether oxygens (including phenoxy) is 1. The van der Waals surface area contributed by atoms with Crippen molar-refractivity contribution in [2.24, 2.45) is 0 Å². The molecule has 0 aliphatic carbocycles. The summed E-state index contributed by atoms with van der Waals surface area (Å²) in [4.78, 5) is 2.32. The molecule has 2 aliphatic heterocycles. The standard InChI is InChI=1S/C14H20N2O.ClH/c1-16-7-5-14(10-16)17-13-3-2-11-4-6-15-9-12(11)8-13;/h2-3,8,14-15H,4-7,9-10H2,1H3;1H/t14-;/m0./s1. The molecular formula is C14H21ClN2O. The van der Waals surface area contributed by atoms with E-state index in [2.05, 4.69) is 35.5 Å². The Kier molecular flexibility index (Phi) is 4.49. The average molecular weight is 269 g/mol. The van der Waals surface area contributed by atoms with Gasteiger partial charge in [0.25, 0.3) is 0 Å². The number of hydrogen-bond donors (Lipinski definition) is 1. The highest BCUT2D eigenvalue weighted by atomic mass is 35.5. The van der Waals surface area contributed by atoms with Crippen molar-refractivity contribution in [3.05, 3.63) is 29.3 Å². The predicted octanol–water partition coefficient (Wildman–Crippen LogP) is 1.84. The number of nitrogens with one attached hydrogen (secondary N) is 1. The van der Waals surface area contributed by atoms with Crippen molar-refractivity contribution in [3.8, 4) is 5.75 Å². The normalized spacial score (nSPS) is 23.3. The van der Waals surface area contributed by atoms with Crippen molar-refractivity contribution in [2.45, 2.75) is 25.5 Å². The zero-order valence-electron chi connectivity index (χ0n) is 10.8. The quantitative estimate of drug-likeness (QED) is 0.886. The van der Waals surface area contributed by atoms with Crippen molar-refractivity contribution in [3.63, 3.8) is 0 Å². The highest BCUT2D eigenvalue weighted by Gasteiger charge is 2.21. The van der Waals surface area contributed by atoms with E-state index >= 15 is 0 Å². The molecule has 3 rings (SSSR count). The van der Waals surface area contributed by atoms with Crippen LogP contribution < -0.4 is 10.1 Å². The van der Waals surface area contributed by atoms with E-state index in [0.717, 1.165) is 44.8 Å². The van der Waals surface area contributed by atoms with E-state index in [-0.39, 0.29) is 12.4 Å². The molecule has 2 aliphatic rings. The molecule has 0 radical (unpaired) electrons. The van der Waals surface area contributed by atoms with Gasteiger partial charge in [-0.15, -0.1) is 12.4 Å². The first-order valence-corrected chi connectivity index (χ1v) is 6.49. The third kappa shape index (κ3) is 2.97. The molecule has 0 unspecified atom stereocenters. The van der Waals surface area contributed by atoms with E-state index in [0.29, 0.717) is 6.10 Å². The zero-order valence-corrected chi connectivity index (χ0v) is 11.6. The fraction of sp³-hybridized carbons (Fsp3) is 0.571. The van der Waals surface area contributed by atoms with Crippen molar-refractivity contribution >= 4 is 12.4 Å². The van der Waals surface area contributed by atoms with Gasteiger partial charge >= 0.3 is 0 Å². The molecule has 3 nitrogen and oxygen atoms in total. The molecule has 0 spiro atoms. The molecule has 2 heterocycles. The Morgan fingerprint density at radius 3 is 3.00 bits per heavy atom. The van der Waals surface area contributed by atoms with E-state index in [4.69, 9.17) is 4.74 Å². The maximum atomic E-state index is 6.04. The van der Waals surface area contributed by atoms with E-state index in [1.165, 1.54) is 11.1 Å². The molecular weight excluding hydrogens is 248 g/mol. The first-order valence-electron chi connectivity index (χ1n) is 6.49. The molecule has 1 aromatic rings. The summed E-state index contributed by atoms with van der Waals surface area (Å²) < 4.78 is 6.04. The summed E-state index contributed by atoms with van der Waals surface area (Å²) in [6, 6.07) is 6.56. The molecule has 0 bridgehead atoms. The molecule has 100 valence electrons. The van der Waals surface area contributed by atoms with E-state index in [1.54, 1.807) is 0 Å². The lowest BCUT2D eigenvalue weighted by molar-refractivity contribution is 0.208. The van der Waals surface area contributed by atoms with Crippen LogP contribution >= 0.6 is 12.4 Å². The van der Waals surface area contributed by atoms with Crippen LogP contribution in [0, 0.1) is 0 Å². The van der Waals surface area contributed by atoms with Gasteiger partial charge in [0.05, 0.1) is 0 Å². The number of rotatable bonds is 2. The molecule has 4 heteroatoms. The van der Waals surface area contributed by atoms with Crippen molar-refractivity contribution < 1.29 is 4.74 Å². The molecule has 18 heavy (non-hydrogen) atoms. The summed E-state index contributed by atoms with van der Waals surface area (Å²) in [6.45, 7) is 4.28. The molecule has 1 saturated heterocycles. The van der Waals surface area contributed by atoms with Gasteiger partial charge in [-0.25, -0.2) is 0 Å². The molecule has 1 aromatic carbocycles. The third-order valence-electron chi connectivity index (χ3n) is 3.72. The van der Waals surface area contributed by atoms with Gasteiger partial charge in [-0.1, -0.05) is 6.07 Å². The Bertz CT molecular complexity index is 411. The fourth-order valence-electron chi connectivity index (χ4n) is 2.71. The number of nitrogens with zero attached hydrogens (tertiary/aromatic N) is 1. The molecule has 0 amide bonds. The van der Waals surface area contributed by atoms with Gasteiger partial charge in [-0.05, 0) is 49.7 Å². The lowest BCUT2D eigenvalue weighted by Crippen LogP contribution is -2.24. The van der Waals surface area contributed by atoms with Crippen molar-refractivity contribution in [2.75, 3.05) is 26.7 Å². The minimum Gasteiger partial charge on any atom is -0.489 e. The lowest BCUT2D eigenvalue weighted by atomic mass is 10.0. The summed E-state index contributed by atoms with van der Waals surface area (Å²) >= 11 is 0. The van der Waals surface area contributed by atoms with Gasteiger partial charge < -0.3 is 15.0 Å². The number of hydrogen-bond acceptors (Lipinski definition) is 3. The Labute approximate surface area is 115 Å². The SMILES string of the molecule is CN1CC[C@H](Oc2ccc3c(c2)CNCC3)C1.Cl. The number of fused-ring (bicyclic) bond motifs is 1. The maximum absolute atomic E-state index is 6.04. The lowest BCUT2D eigenvalue weighted by Gasteiger charge is -2.19. The third-order valence-corrected chi connectivity index (χ3v) is 3.72. The number of likely N-dealkylation sites (tertiary alicyclic amines) is 1. The summed E-state index contributed by atoms with van der Waals surface area (Å²) in [6.07, 6.45) is 2.66. The summed E-state index contributed by atoms with van der Waals surface area (Å²) in [5, 5.41) is 3.41. The van der Waals surface area contributed by atoms with E-state index < -0.39 is 0 Å². The molecule has 0 aromatic heterocycles. The fourth-order valence-corrected chi connectivity index (χ4v) is 2.71. The summed E-state index contributed by atoms with van der Waals surface area (Å²) in [5.41, 5.74) is 2.87. The number of benzene rings is 1. The van der Waals surface area contributed by atoms with Gasteiger partial charge in [0.2, 0.25) is 0 Å². The molecule has 1 fully saturated rings. The second-order valence-electron chi connectivity index (χ2n) is 5.15. The van der Waals surface area contributed by atoms with Crippen LogP contribution in [0.15, 0.2) is 18.2 Å². The first-order chi connectivity index (χ1) is 8.31. The van der Waals surface area contributed by atoms with Crippen LogP contribution in [0.3, 0.4) is 0 Å². The van der Waals surface area contributed by atoms with Gasteiger partial charge in [0.1, 0.15) is 11.9 Å². The number of halogens is 1. The van der Waals surface area contributed by atoms with E-state index in [9.17, 15) is 0 Å². The largest absolute Gasteiger partial charge is 0.489 e. The Balaban J connectivity index is 0.00000120. The highest BCUT2D eigenvalue weighted by molar-refractivity contribution is 5.85. The maximum Gasteiger partial charge on any atom is 0.120 e. The van der Waals surface area contributed by atoms with Crippen LogP contribution in [0.1, 0.15) is 17.5 Å². The highest BCUT2D eigenvalue weighted by Crippen LogP contribution is 2.23. The Morgan fingerprint density at radius 2 is 2.22 bits per heavy atom.